The van der Waals surface area contributed by atoms with Crippen molar-refractivity contribution >= 4 is 17.9 Å². The number of hydrogen-bond acceptors (Lipinski definition) is 5. The Morgan fingerprint density at radius 2 is 2.04 bits per heavy atom. The lowest BCUT2D eigenvalue weighted by atomic mass is 10.1. The molecule has 0 aliphatic heterocycles. The molecule has 0 bridgehead atoms. The van der Waals surface area contributed by atoms with Gasteiger partial charge in [-0.2, -0.15) is 10.2 Å². The summed E-state index contributed by atoms with van der Waals surface area (Å²) in [6.07, 6.45) is 0.850. The summed E-state index contributed by atoms with van der Waals surface area (Å²) in [5.74, 6) is 0.649. The highest BCUT2D eigenvalue weighted by atomic mass is 32.1. The summed E-state index contributed by atoms with van der Waals surface area (Å²) in [6.45, 7) is 7.31. The van der Waals surface area contributed by atoms with Crippen LogP contribution in [0.1, 0.15) is 42.7 Å². The topological polar surface area (TPSA) is 94.6 Å². The van der Waals surface area contributed by atoms with Crippen molar-refractivity contribution < 1.29 is 4.92 Å². The fourth-order valence-corrected chi connectivity index (χ4v) is 3.49. The van der Waals surface area contributed by atoms with Crippen molar-refractivity contribution in [3.8, 4) is 5.69 Å². The van der Waals surface area contributed by atoms with E-state index in [0.29, 0.717) is 22.0 Å². The summed E-state index contributed by atoms with van der Waals surface area (Å²) >= 11 is 5.44. The van der Waals surface area contributed by atoms with E-state index in [-0.39, 0.29) is 11.7 Å². The van der Waals surface area contributed by atoms with Gasteiger partial charge in [-0.3, -0.25) is 24.5 Å². The maximum absolute atomic E-state index is 11.3. The van der Waals surface area contributed by atoms with E-state index in [0.717, 1.165) is 17.7 Å². The molecule has 2 heterocycles. The number of aryl methyl sites for hydroxylation is 2. The zero-order valence-electron chi connectivity index (χ0n) is 15.1. The first kappa shape index (κ1) is 18.0. The molecule has 1 atom stereocenters. The van der Waals surface area contributed by atoms with Gasteiger partial charge in [0.1, 0.15) is 17.4 Å². The van der Waals surface area contributed by atoms with Gasteiger partial charge < -0.3 is 0 Å². The van der Waals surface area contributed by atoms with Crippen LogP contribution in [-0.4, -0.2) is 29.5 Å². The predicted molar refractivity (Wildman–Crippen MR) is 100 cm³/mol. The maximum Gasteiger partial charge on any atom is 0.312 e. The van der Waals surface area contributed by atoms with Crippen LogP contribution in [0.3, 0.4) is 0 Å². The van der Waals surface area contributed by atoms with Crippen molar-refractivity contribution in [3.05, 3.63) is 61.9 Å². The van der Waals surface area contributed by atoms with E-state index in [1.165, 1.54) is 0 Å². The highest BCUT2D eigenvalue weighted by Crippen LogP contribution is 2.28. The fourth-order valence-electron chi connectivity index (χ4n) is 3.26. The van der Waals surface area contributed by atoms with Crippen molar-refractivity contribution in [2.75, 3.05) is 0 Å². The summed E-state index contributed by atoms with van der Waals surface area (Å²) in [7, 11) is 0. The number of aromatic nitrogens is 5. The van der Waals surface area contributed by atoms with Gasteiger partial charge in [0, 0.05) is 0 Å². The number of hydrogen-bond donors (Lipinski definition) is 1. The molecule has 9 heteroatoms. The smallest absolute Gasteiger partial charge is 0.270 e. The standard InChI is InChI=1S/C17H20N6O2S/c1-5-13-8-6-7-9-14(13)21-16(18-19-17(21)26)12(4)22-11(3)15(23(24)25)10(2)20-22/h6-9,12H,5H2,1-4H3,(H,19,26)/t12-/m1/s1. The number of para-hydroxylation sites is 1. The average Bonchev–Trinajstić information content (AvgIpc) is 3.13. The Bertz CT molecular complexity index is 1030. The van der Waals surface area contributed by atoms with E-state index in [2.05, 4.69) is 22.2 Å². The van der Waals surface area contributed by atoms with Crippen molar-refractivity contribution in [2.45, 2.75) is 40.2 Å². The Kier molecular flexibility index (Phi) is 4.73. The lowest BCUT2D eigenvalue weighted by Gasteiger charge is -2.16. The molecule has 0 fully saturated rings. The summed E-state index contributed by atoms with van der Waals surface area (Å²) in [6, 6.07) is 7.64. The molecular formula is C17H20N6O2S. The Morgan fingerprint density at radius 1 is 1.35 bits per heavy atom. The van der Waals surface area contributed by atoms with Crippen LogP contribution in [-0.2, 0) is 6.42 Å². The number of nitro groups is 1. The van der Waals surface area contributed by atoms with E-state index < -0.39 is 4.92 Å². The summed E-state index contributed by atoms with van der Waals surface area (Å²) in [5.41, 5.74) is 2.99. The summed E-state index contributed by atoms with van der Waals surface area (Å²) in [4.78, 5) is 10.9. The summed E-state index contributed by atoms with van der Waals surface area (Å²) < 4.78 is 3.98. The Balaban J connectivity index is 2.17. The number of rotatable bonds is 5. The second-order valence-corrected chi connectivity index (χ2v) is 6.49. The Morgan fingerprint density at radius 3 is 2.65 bits per heavy atom. The highest BCUT2D eigenvalue weighted by Gasteiger charge is 2.27. The third kappa shape index (κ3) is 2.84. The predicted octanol–water partition coefficient (Wildman–Crippen LogP) is 3.82. The van der Waals surface area contributed by atoms with Crippen molar-refractivity contribution in [1.82, 2.24) is 24.5 Å². The molecule has 0 saturated heterocycles. The molecule has 3 rings (SSSR count). The SMILES string of the molecule is CCc1ccccc1-n1c([C@@H](C)n2nc(C)c([N+](=O)[O-])c2C)n[nH]c1=S. The maximum atomic E-state index is 11.3. The van der Waals surface area contributed by atoms with Gasteiger partial charge in [-0.1, -0.05) is 25.1 Å². The van der Waals surface area contributed by atoms with Crippen LogP contribution < -0.4 is 0 Å². The largest absolute Gasteiger partial charge is 0.312 e. The molecule has 26 heavy (non-hydrogen) atoms. The molecule has 0 saturated carbocycles. The van der Waals surface area contributed by atoms with E-state index in [9.17, 15) is 10.1 Å². The molecule has 0 amide bonds. The van der Waals surface area contributed by atoms with Crippen LogP contribution in [0, 0.1) is 28.7 Å². The van der Waals surface area contributed by atoms with Gasteiger partial charge in [-0.05, 0) is 51.0 Å². The second-order valence-electron chi connectivity index (χ2n) is 6.10. The average molecular weight is 372 g/mol. The molecule has 0 unspecified atom stereocenters. The molecule has 136 valence electrons. The van der Waals surface area contributed by atoms with Crippen molar-refractivity contribution in [1.29, 1.82) is 0 Å². The van der Waals surface area contributed by atoms with E-state index >= 15 is 0 Å². The van der Waals surface area contributed by atoms with E-state index in [4.69, 9.17) is 12.2 Å². The lowest BCUT2D eigenvalue weighted by Crippen LogP contribution is -2.16. The molecule has 1 aromatic carbocycles. The van der Waals surface area contributed by atoms with Crippen molar-refractivity contribution in [3.63, 3.8) is 0 Å². The highest BCUT2D eigenvalue weighted by molar-refractivity contribution is 7.71. The number of nitrogens with zero attached hydrogens (tertiary/aromatic N) is 5. The lowest BCUT2D eigenvalue weighted by molar-refractivity contribution is -0.386. The zero-order valence-corrected chi connectivity index (χ0v) is 15.9. The molecule has 0 aliphatic rings. The molecule has 0 aliphatic carbocycles. The fraction of sp³-hybridized carbons (Fsp3) is 0.353. The van der Waals surface area contributed by atoms with Crippen LogP contribution >= 0.6 is 12.2 Å². The monoisotopic (exact) mass is 372 g/mol. The molecule has 0 radical (unpaired) electrons. The molecule has 0 spiro atoms. The minimum Gasteiger partial charge on any atom is -0.270 e. The summed E-state index contributed by atoms with van der Waals surface area (Å²) in [5, 5.41) is 22.9. The van der Waals surface area contributed by atoms with Crippen molar-refractivity contribution in [2.24, 2.45) is 0 Å². The van der Waals surface area contributed by atoms with Crippen LogP contribution in [0.2, 0.25) is 0 Å². The van der Waals surface area contributed by atoms with Gasteiger partial charge in [0.15, 0.2) is 10.6 Å². The van der Waals surface area contributed by atoms with E-state index in [1.54, 1.807) is 18.5 Å². The van der Waals surface area contributed by atoms with Gasteiger partial charge in [0.05, 0.1) is 10.6 Å². The van der Waals surface area contributed by atoms with Crippen LogP contribution in [0.5, 0.6) is 0 Å². The first-order valence-electron chi connectivity index (χ1n) is 8.32. The minimum absolute atomic E-state index is 0.0338. The van der Waals surface area contributed by atoms with Gasteiger partial charge in [-0.15, -0.1) is 0 Å². The zero-order chi connectivity index (χ0) is 19.0. The van der Waals surface area contributed by atoms with Gasteiger partial charge >= 0.3 is 5.69 Å². The molecular weight excluding hydrogens is 352 g/mol. The number of nitrogens with one attached hydrogen (secondary N) is 1. The van der Waals surface area contributed by atoms with Crippen LogP contribution in [0.15, 0.2) is 24.3 Å². The number of aromatic amines is 1. The first-order chi connectivity index (χ1) is 12.4. The minimum atomic E-state index is -0.398. The first-order valence-corrected chi connectivity index (χ1v) is 8.73. The van der Waals surface area contributed by atoms with E-state index in [1.807, 2.05) is 35.8 Å². The van der Waals surface area contributed by atoms with Gasteiger partial charge in [0.25, 0.3) is 0 Å². The van der Waals surface area contributed by atoms with Crippen LogP contribution in [0.4, 0.5) is 5.69 Å². The quantitative estimate of drug-likeness (QED) is 0.417. The third-order valence-corrected chi connectivity index (χ3v) is 4.80. The molecule has 2 aromatic heterocycles. The Hall–Kier alpha value is -2.81. The van der Waals surface area contributed by atoms with Gasteiger partial charge in [-0.25, -0.2) is 0 Å². The molecule has 3 aromatic rings. The molecule has 8 nitrogen and oxygen atoms in total. The molecule has 1 N–H and O–H groups in total. The normalized spacial score (nSPS) is 12.3. The second kappa shape index (κ2) is 6.83. The third-order valence-electron chi connectivity index (χ3n) is 4.52. The van der Waals surface area contributed by atoms with Gasteiger partial charge in [0.2, 0.25) is 0 Å². The number of benzene rings is 1. The Labute approximate surface area is 155 Å². The van der Waals surface area contributed by atoms with Crippen LogP contribution in [0.25, 0.3) is 5.69 Å². The number of H-pyrrole nitrogens is 1.